The minimum atomic E-state index is -0.729. The highest BCUT2D eigenvalue weighted by atomic mass is 16.1. The topological polar surface area (TPSA) is 63.6 Å². The molecule has 0 amide bonds. The van der Waals surface area contributed by atoms with Crippen molar-refractivity contribution in [1.82, 2.24) is 0 Å². The lowest BCUT2D eigenvalue weighted by Gasteiger charge is -2.17. The van der Waals surface area contributed by atoms with Crippen LogP contribution in [0.1, 0.15) is 36.6 Å². The SMILES string of the molecule is O=C1C2=C(C(=O)c3ccccc31)C1C(=O)c3ccccc3C1=N2. The number of ketones is 3. The zero-order valence-electron chi connectivity index (χ0n) is 11.9. The number of aliphatic imine (C=N–C) groups is 1. The zero-order valence-corrected chi connectivity index (χ0v) is 11.9. The molecule has 23 heavy (non-hydrogen) atoms. The maximum Gasteiger partial charge on any atom is 0.212 e. The van der Waals surface area contributed by atoms with Crippen LogP contribution in [0.15, 0.2) is 64.8 Å². The van der Waals surface area contributed by atoms with Crippen molar-refractivity contribution in [3.63, 3.8) is 0 Å². The van der Waals surface area contributed by atoms with Crippen LogP contribution < -0.4 is 0 Å². The summed E-state index contributed by atoms with van der Waals surface area (Å²) < 4.78 is 0. The van der Waals surface area contributed by atoms with Crippen molar-refractivity contribution >= 4 is 23.1 Å². The van der Waals surface area contributed by atoms with Gasteiger partial charge in [0.05, 0.1) is 11.6 Å². The van der Waals surface area contributed by atoms with Gasteiger partial charge in [0.15, 0.2) is 11.6 Å². The van der Waals surface area contributed by atoms with Gasteiger partial charge in [0, 0.05) is 27.8 Å². The summed E-state index contributed by atoms with van der Waals surface area (Å²) in [5, 5.41) is 0. The molecule has 1 unspecified atom stereocenters. The van der Waals surface area contributed by atoms with Crippen molar-refractivity contribution in [1.29, 1.82) is 0 Å². The van der Waals surface area contributed by atoms with Gasteiger partial charge in [0.2, 0.25) is 5.78 Å². The van der Waals surface area contributed by atoms with Crippen LogP contribution in [-0.4, -0.2) is 23.1 Å². The zero-order chi connectivity index (χ0) is 15.7. The normalized spacial score (nSPS) is 21.0. The first-order valence-electron chi connectivity index (χ1n) is 7.33. The number of fused-ring (bicyclic) bond motifs is 5. The molecule has 0 bridgehead atoms. The van der Waals surface area contributed by atoms with Crippen LogP contribution in [0.3, 0.4) is 0 Å². The number of benzene rings is 2. The van der Waals surface area contributed by atoms with Crippen molar-refractivity contribution in [2.45, 2.75) is 0 Å². The molecule has 0 radical (unpaired) electrons. The average molecular weight is 299 g/mol. The van der Waals surface area contributed by atoms with E-state index in [9.17, 15) is 14.4 Å². The third-order valence-corrected chi connectivity index (χ3v) is 4.66. The number of Topliss-reactive ketones (excluding diaryl/α,β-unsaturated/α-hetero) is 3. The Kier molecular flexibility index (Phi) is 2.15. The van der Waals surface area contributed by atoms with E-state index in [4.69, 9.17) is 0 Å². The summed E-state index contributed by atoms with van der Waals surface area (Å²) >= 11 is 0. The van der Waals surface area contributed by atoms with Crippen molar-refractivity contribution < 1.29 is 14.4 Å². The molecule has 3 aliphatic rings. The Bertz CT molecular complexity index is 1030. The van der Waals surface area contributed by atoms with Gasteiger partial charge >= 0.3 is 0 Å². The van der Waals surface area contributed by atoms with E-state index in [2.05, 4.69) is 4.99 Å². The third kappa shape index (κ3) is 1.36. The third-order valence-electron chi connectivity index (χ3n) is 4.66. The fourth-order valence-electron chi connectivity index (χ4n) is 3.63. The van der Waals surface area contributed by atoms with E-state index in [0.717, 1.165) is 5.56 Å². The molecule has 5 rings (SSSR count). The molecule has 4 heteroatoms. The van der Waals surface area contributed by atoms with Gasteiger partial charge in [0.1, 0.15) is 5.70 Å². The van der Waals surface area contributed by atoms with Gasteiger partial charge in [-0.25, -0.2) is 4.99 Å². The van der Waals surface area contributed by atoms with Gasteiger partial charge in [-0.05, 0) is 0 Å². The quantitative estimate of drug-likeness (QED) is 0.751. The number of nitrogens with zero attached hydrogens (tertiary/aromatic N) is 1. The van der Waals surface area contributed by atoms with Crippen LogP contribution >= 0.6 is 0 Å². The first-order valence-corrected chi connectivity index (χ1v) is 7.33. The lowest BCUT2D eigenvalue weighted by molar-refractivity contribution is 0.0930. The molecule has 0 saturated carbocycles. The summed E-state index contributed by atoms with van der Waals surface area (Å²) in [5.41, 5.74) is 2.92. The Balaban J connectivity index is 1.76. The van der Waals surface area contributed by atoms with Crippen molar-refractivity contribution in [2.75, 3.05) is 0 Å². The second-order valence-electron chi connectivity index (χ2n) is 5.81. The van der Waals surface area contributed by atoms with E-state index < -0.39 is 5.92 Å². The largest absolute Gasteiger partial charge is 0.293 e. The van der Waals surface area contributed by atoms with Crippen LogP contribution in [0.5, 0.6) is 0 Å². The highest BCUT2D eigenvalue weighted by molar-refractivity contribution is 6.40. The second kappa shape index (κ2) is 3.98. The number of rotatable bonds is 0. The summed E-state index contributed by atoms with van der Waals surface area (Å²) in [6, 6.07) is 13.9. The molecule has 1 aliphatic heterocycles. The van der Waals surface area contributed by atoms with E-state index in [1.807, 2.05) is 12.1 Å². The molecule has 0 spiro atoms. The van der Waals surface area contributed by atoms with Crippen LogP contribution in [-0.2, 0) is 0 Å². The molecular formula is C19H9NO3. The predicted molar refractivity (Wildman–Crippen MR) is 82.9 cm³/mol. The molecule has 108 valence electrons. The monoisotopic (exact) mass is 299 g/mol. The summed E-state index contributed by atoms with van der Waals surface area (Å²) in [6.07, 6.45) is 0. The van der Waals surface area contributed by atoms with E-state index in [1.165, 1.54) is 0 Å². The molecule has 0 fully saturated rings. The van der Waals surface area contributed by atoms with Gasteiger partial charge in [-0.1, -0.05) is 48.5 Å². The van der Waals surface area contributed by atoms with E-state index in [-0.39, 0.29) is 28.6 Å². The Labute approximate surface area is 131 Å². The Morgan fingerprint density at radius 1 is 0.696 bits per heavy atom. The number of carbonyl (C=O) groups excluding carboxylic acids is 3. The highest BCUT2D eigenvalue weighted by Gasteiger charge is 2.49. The Hall–Kier alpha value is -3.14. The fourth-order valence-corrected chi connectivity index (χ4v) is 3.63. The van der Waals surface area contributed by atoms with Crippen LogP contribution in [0, 0.1) is 5.92 Å². The molecule has 0 saturated heterocycles. The molecule has 2 aromatic carbocycles. The molecule has 0 aromatic heterocycles. The van der Waals surface area contributed by atoms with E-state index in [0.29, 0.717) is 22.4 Å². The molecule has 0 N–H and O–H groups in total. The standard InChI is InChI=1S/C19H9NO3/c21-17-10-6-2-1-5-9(10)15-13(17)14-16(20-15)19(23)12-8-4-3-7-11(12)18(14)22/h1-8,13H. The summed E-state index contributed by atoms with van der Waals surface area (Å²) in [7, 11) is 0. The molecule has 1 atom stereocenters. The molecule has 1 heterocycles. The average Bonchev–Trinajstić information content (AvgIpc) is 3.11. The van der Waals surface area contributed by atoms with Gasteiger partial charge in [-0.2, -0.15) is 0 Å². The number of allylic oxidation sites excluding steroid dienone is 2. The lowest BCUT2D eigenvalue weighted by atomic mass is 9.81. The summed E-state index contributed by atoms with van der Waals surface area (Å²) in [5.74, 6) is -1.42. The maximum atomic E-state index is 12.8. The number of carbonyl (C=O) groups is 3. The van der Waals surface area contributed by atoms with Gasteiger partial charge in [0.25, 0.3) is 0 Å². The lowest BCUT2D eigenvalue weighted by Crippen LogP contribution is -2.26. The Morgan fingerprint density at radius 2 is 1.26 bits per heavy atom. The van der Waals surface area contributed by atoms with Crippen molar-refractivity contribution in [2.24, 2.45) is 10.9 Å². The smallest absolute Gasteiger partial charge is 0.212 e. The number of hydrogen-bond acceptors (Lipinski definition) is 4. The highest BCUT2D eigenvalue weighted by Crippen LogP contribution is 2.43. The van der Waals surface area contributed by atoms with Gasteiger partial charge in [-0.3, -0.25) is 14.4 Å². The molecule has 2 aliphatic carbocycles. The molecule has 4 nitrogen and oxygen atoms in total. The van der Waals surface area contributed by atoms with Crippen molar-refractivity contribution in [3.05, 3.63) is 82.1 Å². The molecular weight excluding hydrogens is 290 g/mol. The van der Waals surface area contributed by atoms with Crippen LogP contribution in [0.25, 0.3) is 0 Å². The van der Waals surface area contributed by atoms with Crippen LogP contribution in [0.4, 0.5) is 0 Å². The van der Waals surface area contributed by atoms with Gasteiger partial charge < -0.3 is 0 Å². The maximum absolute atomic E-state index is 12.8. The first-order chi connectivity index (χ1) is 11.2. The fraction of sp³-hybridized carbons (Fsp3) is 0.0526. The Morgan fingerprint density at radius 3 is 1.96 bits per heavy atom. The predicted octanol–water partition coefficient (Wildman–Crippen LogP) is 2.64. The van der Waals surface area contributed by atoms with E-state index >= 15 is 0 Å². The minimum Gasteiger partial charge on any atom is -0.293 e. The van der Waals surface area contributed by atoms with Crippen molar-refractivity contribution in [3.8, 4) is 0 Å². The minimum absolute atomic E-state index is 0.136. The van der Waals surface area contributed by atoms with E-state index in [1.54, 1.807) is 36.4 Å². The first kappa shape index (κ1) is 12.4. The number of hydrogen-bond donors (Lipinski definition) is 0. The second-order valence-corrected chi connectivity index (χ2v) is 5.81. The summed E-state index contributed by atoms with van der Waals surface area (Å²) in [4.78, 5) is 42.6. The molecule has 2 aromatic rings. The van der Waals surface area contributed by atoms with Gasteiger partial charge in [-0.15, -0.1) is 0 Å². The van der Waals surface area contributed by atoms with Crippen LogP contribution in [0.2, 0.25) is 0 Å². The summed E-state index contributed by atoms with van der Waals surface area (Å²) in [6.45, 7) is 0.